The highest BCUT2D eigenvalue weighted by molar-refractivity contribution is 5.91. The van der Waals surface area contributed by atoms with Gasteiger partial charge in [0, 0.05) is 31.6 Å². The molecule has 0 bridgehead atoms. The first kappa shape index (κ1) is 10.6. The van der Waals surface area contributed by atoms with Crippen LogP contribution >= 0.6 is 0 Å². The number of aryl methyl sites for hydroxylation is 2. The van der Waals surface area contributed by atoms with Crippen molar-refractivity contribution >= 4 is 16.7 Å². The SMILES string of the molecule is Cc1ccc2c(c1)c(N1CCC(N)C1)nn2C. The largest absolute Gasteiger partial charge is 0.353 e. The van der Waals surface area contributed by atoms with Gasteiger partial charge in [-0.25, -0.2) is 0 Å². The quantitative estimate of drug-likeness (QED) is 0.806. The molecule has 2 N–H and O–H groups in total. The summed E-state index contributed by atoms with van der Waals surface area (Å²) in [5, 5.41) is 5.87. The first-order chi connectivity index (χ1) is 8.15. The molecule has 17 heavy (non-hydrogen) atoms. The van der Waals surface area contributed by atoms with Crippen LogP contribution in [0.3, 0.4) is 0 Å². The Hall–Kier alpha value is -1.55. The third-order valence-corrected chi connectivity index (χ3v) is 3.51. The minimum absolute atomic E-state index is 0.289. The van der Waals surface area contributed by atoms with E-state index >= 15 is 0 Å². The van der Waals surface area contributed by atoms with Crippen LogP contribution in [0.5, 0.6) is 0 Å². The number of benzene rings is 1. The van der Waals surface area contributed by atoms with Crippen LogP contribution in [0.1, 0.15) is 12.0 Å². The lowest BCUT2D eigenvalue weighted by atomic mass is 10.1. The molecule has 0 spiro atoms. The second-order valence-corrected chi connectivity index (χ2v) is 4.96. The molecule has 1 fully saturated rings. The fourth-order valence-electron chi connectivity index (χ4n) is 2.57. The Morgan fingerprint density at radius 3 is 2.94 bits per heavy atom. The summed E-state index contributed by atoms with van der Waals surface area (Å²) >= 11 is 0. The molecule has 1 atom stereocenters. The molecule has 90 valence electrons. The predicted octanol–water partition coefficient (Wildman–Crippen LogP) is 1.42. The molecule has 1 aliphatic rings. The number of anilines is 1. The first-order valence-corrected chi connectivity index (χ1v) is 6.09. The Bertz CT molecular complexity index is 558. The Labute approximate surface area is 101 Å². The number of hydrogen-bond acceptors (Lipinski definition) is 3. The molecule has 2 heterocycles. The van der Waals surface area contributed by atoms with E-state index in [2.05, 4.69) is 35.1 Å². The van der Waals surface area contributed by atoms with Crippen molar-refractivity contribution in [1.82, 2.24) is 9.78 Å². The van der Waals surface area contributed by atoms with Crippen molar-refractivity contribution in [2.24, 2.45) is 12.8 Å². The van der Waals surface area contributed by atoms with E-state index in [0.717, 1.165) is 25.3 Å². The molecule has 1 unspecified atom stereocenters. The minimum Gasteiger partial charge on any atom is -0.353 e. The van der Waals surface area contributed by atoms with Crippen LogP contribution < -0.4 is 10.6 Å². The molecule has 4 nitrogen and oxygen atoms in total. The maximum atomic E-state index is 5.97. The Kier molecular flexibility index (Phi) is 2.33. The fraction of sp³-hybridized carbons (Fsp3) is 0.462. The van der Waals surface area contributed by atoms with E-state index in [0.29, 0.717) is 0 Å². The molecule has 0 amide bonds. The van der Waals surface area contributed by atoms with Gasteiger partial charge in [-0.2, -0.15) is 5.10 Å². The van der Waals surface area contributed by atoms with Crippen molar-refractivity contribution in [3.63, 3.8) is 0 Å². The molecule has 0 saturated carbocycles. The minimum atomic E-state index is 0.289. The molecule has 2 aromatic rings. The lowest BCUT2D eigenvalue weighted by Gasteiger charge is -2.14. The van der Waals surface area contributed by atoms with Crippen molar-refractivity contribution < 1.29 is 0 Å². The normalized spacial score (nSPS) is 20.4. The number of nitrogens with zero attached hydrogens (tertiary/aromatic N) is 3. The van der Waals surface area contributed by atoms with Crippen LogP contribution in [0, 0.1) is 6.92 Å². The smallest absolute Gasteiger partial charge is 0.158 e. The first-order valence-electron chi connectivity index (χ1n) is 6.09. The Morgan fingerprint density at radius 2 is 2.24 bits per heavy atom. The maximum absolute atomic E-state index is 5.97. The van der Waals surface area contributed by atoms with Crippen molar-refractivity contribution in [3.05, 3.63) is 23.8 Å². The van der Waals surface area contributed by atoms with Crippen LogP contribution in [-0.2, 0) is 7.05 Å². The molecule has 0 aliphatic carbocycles. The van der Waals surface area contributed by atoms with Gasteiger partial charge in [0.25, 0.3) is 0 Å². The summed E-state index contributed by atoms with van der Waals surface area (Å²) in [4.78, 5) is 2.30. The van der Waals surface area contributed by atoms with Crippen LogP contribution in [0.2, 0.25) is 0 Å². The zero-order chi connectivity index (χ0) is 12.0. The van der Waals surface area contributed by atoms with Gasteiger partial charge < -0.3 is 10.6 Å². The molecule has 4 heteroatoms. The molecule has 3 rings (SSSR count). The zero-order valence-electron chi connectivity index (χ0n) is 10.3. The van der Waals surface area contributed by atoms with Crippen LogP contribution in [0.4, 0.5) is 5.82 Å². The predicted molar refractivity (Wildman–Crippen MR) is 70.3 cm³/mol. The third kappa shape index (κ3) is 1.69. The number of hydrogen-bond donors (Lipinski definition) is 1. The Morgan fingerprint density at radius 1 is 1.41 bits per heavy atom. The molecule has 1 aliphatic heterocycles. The Balaban J connectivity index is 2.13. The third-order valence-electron chi connectivity index (χ3n) is 3.51. The van der Waals surface area contributed by atoms with E-state index in [9.17, 15) is 0 Å². The molecular formula is C13H18N4. The summed E-state index contributed by atoms with van der Waals surface area (Å²) in [6, 6.07) is 6.76. The average Bonchev–Trinajstić information content (AvgIpc) is 2.83. The van der Waals surface area contributed by atoms with Gasteiger partial charge in [0.1, 0.15) is 0 Å². The zero-order valence-corrected chi connectivity index (χ0v) is 10.3. The van der Waals surface area contributed by atoms with E-state index in [4.69, 9.17) is 5.73 Å². The van der Waals surface area contributed by atoms with Crippen molar-refractivity contribution in [2.75, 3.05) is 18.0 Å². The number of aromatic nitrogens is 2. The van der Waals surface area contributed by atoms with E-state index in [-0.39, 0.29) is 6.04 Å². The molecular weight excluding hydrogens is 212 g/mol. The molecule has 0 radical (unpaired) electrons. The average molecular weight is 230 g/mol. The second-order valence-electron chi connectivity index (χ2n) is 4.96. The van der Waals surface area contributed by atoms with Gasteiger partial charge >= 0.3 is 0 Å². The summed E-state index contributed by atoms with van der Waals surface area (Å²) in [6.45, 7) is 4.05. The summed E-state index contributed by atoms with van der Waals surface area (Å²) < 4.78 is 1.95. The number of rotatable bonds is 1. The molecule has 1 aromatic heterocycles. The van der Waals surface area contributed by atoms with Gasteiger partial charge in [0.2, 0.25) is 0 Å². The van der Waals surface area contributed by atoms with Crippen molar-refractivity contribution in [2.45, 2.75) is 19.4 Å². The van der Waals surface area contributed by atoms with E-state index in [1.54, 1.807) is 0 Å². The topological polar surface area (TPSA) is 47.1 Å². The number of fused-ring (bicyclic) bond motifs is 1. The lowest BCUT2D eigenvalue weighted by molar-refractivity contribution is 0.747. The van der Waals surface area contributed by atoms with Gasteiger partial charge in [-0.1, -0.05) is 11.6 Å². The van der Waals surface area contributed by atoms with E-state index < -0.39 is 0 Å². The highest BCUT2D eigenvalue weighted by Crippen LogP contribution is 2.28. The fourth-order valence-corrected chi connectivity index (χ4v) is 2.57. The van der Waals surface area contributed by atoms with Gasteiger partial charge in [0.05, 0.1) is 5.52 Å². The van der Waals surface area contributed by atoms with Crippen LogP contribution in [0.25, 0.3) is 10.9 Å². The second kappa shape index (κ2) is 3.74. The highest BCUT2D eigenvalue weighted by Gasteiger charge is 2.23. The van der Waals surface area contributed by atoms with Gasteiger partial charge in [-0.15, -0.1) is 0 Å². The summed E-state index contributed by atoms with van der Waals surface area (Å²) in [5.74, 6) is 1.08. The number of nitrogens with two attached hydrogens (primary N) is 1. The molecule has 1 saturated heterocycles. The van der Waals surface area contributed by atoms with Crippen LogP contribution in [0.15, 0.2) is 18.2 Å². The standard InChI is InChI=1S/C13H18N4/c1-9-3-4-12-11(7-9)13(15-16(12)2)17-6-5-10(14)8-17/h3-4,7,10H,5-6,8,14H2,1-2H3. The maximum Gasteiger partial charge on any atom is 0.158 e. The van der Waals surface area contributed by atoms with Crippen molar-refractivity contribution in [1.29, 1.82) is 0 Å². The van der Waals surface area contributed by atoms with Crippen LogP contribution in [-0.4, -0.2) is 28.9 Å². The van der Waals surface area contributed by atoms with Gasteiger partial charge in [-0.05, 0) is 25.5 Å². The van der Waals surface area contributed by atoms with Gasteiger partial charge in [-0.3, -0.25) is 4.68 Å². The van der Waals surface area contributed by atoms with Crippen molar-refractivity contribution in [3.8, 4) is 0 Å². The summed E-state index contributed by atoms with van der Waals surface area (Å²) in [7, 11) is 2.00. The highest BCUT2D eigenvalue weighted by atomic mass is 15.4. The van der Waals surface area contributed by atoms with Gasteiger partial charge in [0.15, 0.2) is 5.82 Å². The van der Waals surface area contributed by atoms with E-state index in [1.807, 2.05) is 11.7 Å². The summed E-state index contributed by atoms with van der Waals surface area (Å²) in [6.07, 6.45) is 1.06. The lowest BCUT2D eigenvalue weighted by Crippen LogP contribution is -2.26. The monoisotopic (exact) mass is 230 g/mol. The van der Waals surface area contributed by atoms with E-state index in [1.165, 1.54) is 16.5 Å². The summed E-state index contributed by atoms with van der Waals surface area (Å²) in [5.41, 5.74) is 8.43. The molecule has 1 aromatic carbocycles.